The number of guanidine groups is 1. The van der Waals surface area contributed by atoms with Gasteiger partial charge in [-0.05, 0) is 43.4 Å². The van der Waals surface area contributed by atoms with E-state index in [1.54, 1.807) is 27.3 Å². The third kappa shape index (κ3) is 9.16. The first-order valence-corrected chi connectivity index (χ1v) is 9.57. The van der Waals surface area contributed by atoms with Gasteiger partial charge >= 0.3 is 0 Å². The molecule has 0 aromatic heterocycles. The van der Waals surface area contributed by atoms with E-state index < -0.39 is 0 Å². The quantitative estimate of drug-likeness (QED) is 0.214. The first-order chi connectivity index (χ1) is 13.4. The first-order valence-electron chi connectivity index (χ1n) is 9.57. The molecule has 9 heteroatoms. The molecule has 164 valence electrons. The van der Waals surface area contributed by atoms with E-state index >= 15 is 0 Å². The lowest BCUT2D eigenvalue weighted by molar-refractivity contribution is -0.127. The van der Waals surface area contributed by atoms with Crippen molar-refractivity contribution in [3.63, 3.8) is 0 Å². The number of halogens is 2. The Hall–Kier alpha value is -1.62. The van der Waals surface area contributed by atoms with Crippen molar-refractivity contribution < 1.29 is 18.7 Å². The lowest BCUT2D eigenvalue weighted by Crippen LogP contribution is -2.41. The molecule has 0 heterocycles. The van der Waals surface area contributed by atoms with Gasteiger partial charge in [-0.1, -0.05) is 6.07 Å². The van der Waals surface area contributed by atoms with Crippen LogP contribution in [0.2, 0.25) is 0 Å². The fourth-order valence-corrected chi connectivity index (χ4v) is 2.40. The predicted molar refractivity (Wildman–Crippen MR) is 122 cm³/mol. The molecule has 0 radical (unpaired) electrons. The highest BCUT2D eigenvalue weighted by atomic mass is 127. The topological polar surface area (TPSA) is 75.2 Å². The van der Waals surface area contributed by atoms with Crippen LogP contribution in [0.25, 0.3) is 0 Å². The number of rotatable bonds is 10. The molecule has 1 unspecified atom stereocenters. The van der Waals surface area contributed by atoms with Crippen LogP contribution in [-0.4, -0.2) is 64.3 Å². The van der Waals surface area contributed by atoms with Crippen LogP contribution in [0.1, 0.15) is 31.4 Å². The Morgan fingerprint density at radius 1 is 1.38 bits per heavy atom. The predicted octanol–water partition coefficient (Wildman–Crippen LogP) is 2.56. The van der Waals surface area contributed by atoms with E-state index in [4.69, 9.17) is 9.47 Å². The third-order valence-corrected chi connectivity index (χ3v) is 4.45. The minimum absolute atomic E-state index is 0. The molecule has 29 heavy (non-hydrogen) atoms. The average Bonchev–Trinajstić information content (AvgIpc) is 3.49. The van der Waals surface area contributed by atoms with E-state index in [0.717, 1.165) is 18.4 Å². The Bertz CT molecular complexity index is 684. The summed E-state index contributed by atoms with van der Waals surface area (Å²) in [5.41, 5.74) is 0.761. The van der Waals surface area contributed by atoms with E-state index in [9.17, 15) is 9.18 Å². The first kappa shape index (κ1) is 25.4. The maximum atomic E-state index is 14.3. The van der Waals surface area contributed by atoms with E-state index in [2.05, 4.69) is 15.6 Å². The van der Waals surface area contributed by atoms with Crippen LogP contribution < -0.4 is 15.4 Å². The molecular formula is C20H32FIN4O3. The third-order valence-electron chi connectivity index (χ3n) is 4.45. The minimum Gasteiger partial charge on any atom is -0.490 e. The number of amides is 1. The van der Waals surface area contributed by atoms with Gasteiger partial charge in [-0.15, -0.1) is 24.0 Å². The molecule has 0 saturated heterocycles. The zero-order valence-electron chi connectivity index (χ0n) is 17.5. The van der Waals surface area contributed by atoms with Gasteiger partial charge < -0.3 is 25.0 Å². The molecule has 7 nitrogen and oxygen atoms in total. The number of methoxy groups -OCH3 is 1. The van der Waals surface area contributed by atoms with Crippen LogP contribution in [0, 0.1) is 11.7 Å². The highest BCUT2D eigenvalue weighted by Gasteiger charge is 2.22. The highest BCUT2D eigenvalue weighted by Crippen LogP contribution is 2.30. The molecule has 2 N–H and O–H groups in total. The Labute approximate surface area is 189 Å². The Kier molecular flexibility index (Phi) is 11.3. The van der Waals surface area contributed by atoms with Crippen LogP contribution >= 0.6 is 24.0 Å². The van der Waals surface area contributed by atoms with Crippen LogP contribution in [-0.2, 0) is 9.53 Å². The van der Waals surface area contributed by atoms with Crippen molar-refractivity contribution in [3.8, 4) is 5.75 Å². The maximum Gasteiger partial charge on any atom is 0.243 e. The van der Waals surface area contributed by atoms with Gasteiger partial charge in [-0.25, -0.2) is 9.38 Å². The number of benzene rings is 1. The van der Waals surface area contributed by atoms with Crippen LogP contribution in [0.3, 0.4) is 0 Å². The molecule has 1 aliphatic carbocycles. The van der Waals surface area contributed by atoms with Gasteiger partial charge in [0.05, 0.1) is 19.3 Å². The summed E-state index contributed by atoms with van der Waals surface area (Å²) >= 11 is 0. The molecule has 1 saturated carbocycles. The summed E-state index contributed by atoms with van der Waals surface area (Å²) in [4.78, 5) is 17.6. The van der Waals surface area contributed by atoms with Crippen LogP contribution in [0.15, 0.2) is 23.2 Å². The van der Waals surface area contributed by atoms with E-state index in [1.165, 1.54) is 11.0 Å². The van der Waals surface area contributed by atoms with Gasteiger partial charge in [-0.2, -0.15) is 0 Å². The number of hydrogen-bond acceptors (Lipinski definition) is 4. The summed E-state index contributed by atoms with van der Waals surface area (Å²) in [5, 5.41) is 6.30. The van der Waals surface area contributed by atoms with E-state index in [1.807, 2.05) is 13.0 Å². The summed E-state index contributed by atoms with van der Waals surface area (Å²) < 4.78 is 24.9. The molecular weight excluding hydrogens is 490 g/mol. The Balaban J connectivity index is 0.00000420. The van der Waals surface area contributed by atoms with Gasteiger partial charge in [0.25, 0.3) is 0 Å². The number of ether oxygens (including phenoxy) is 2. The second-order valence-electron chi connectivity index (χ2n) is 7.18. The molecule has 0 spiro atoms. The fraction of sp³-hybridized carbons (Fsp3) is 0.600. The van der Waals surface area contributed by atoms with Gasteiger partial charge in [0, 0.05) is 27.7 Å². The standard InChI is InChI=1S/C20H31FN4O3.HI/c1-14(16-7-8-18(17(21)11-16)28-13-15-5-6-15)24-20(22-9-10-27-4)23-12-19(26)25(2)3;/h7-8,11,14-15H,5-6,9-10,12-13H2,1-4H3,(H2,22,23,24);1H. The van der Waals surface area contributed by atoms with Gasteiger partial charge in [-0.3, -0.25) is 4.79 Å². The molecule has 1 atom stereocenters. The summed E-state index contributed by atoms with van der Waals surface area (Å²) in [5.74, 6) is 0.839. The van der Waals surface area contributed by atoms with Crippen molar-refractivity contribution in [3.05, 3.63) is 29.6 Å². The molecule has 1 amide bonds. The second kappa shape index (κ2) is 12.8. The van der Waals surface area contributed by atoms with Crippen molar-refractivity contribution in [2.75, 3.05) is 47.5 Å². The average molecular weight is 522 g/mol. The van der Waals surface area contributed by atoms with Gasteiger partial charge in [0.1, 0.15) is 6.54 Å². The molecule has 1 aromatic carbocycles. The number of aliphatic imine (C=N–C) groups is 1. The number of carbonyl (C=O) groups excluding carboxylic acids is 1. The summed E-state index contributed by atoms with van der Waals surface area (Å²) in [7, 11) is 4.98. The monoisotopic (exact) mass is 522 g/mol. The maximum absolute atomic E-state index is 14.3. The molecule has 1 fully saturated rings. The largest absolute Gasteiger partial charge is 0.490 e. The molecule has 0 bridgehead atoms. The van der Waals surface area contributed by atoms with Crippen molar-refractivity contribution in [2.45, 2.75) is 25.8 Å². The molecule has 0 aliphatic heterocycles. The number of hydrogen-bond donors (Lipinski definition) is 2. The summed E-state index contributed by atoms with van der Waals surface area (Å²) in [6, 6.07) is 4.75. The number of carbonyl (C=O) groups is 1. The normalized spacial score (nSPS) is 14.6. The summed E-state index contributed by atoms with van der Waals surface area (Å²) in [6.45, 7) is 3.53. The lowest BCUT2D eigenvalue weighted by Gasteiger charge is -2.19. The zero-order chi connectivity index (χ0) is 20.5. The zero-order valence-corrected chi connectivity index (χ0v) is 19.9. The second-order valence-corrected chi connectivity index (χ2v) is 7.18. The van der Waals surface area contributed by atoms with Crippen LogP contribution in [0.4, 0.5) is 4.39 Å². The smallest absolute Gasteiger partial charge is 0.243 e. The SMILES string of the molecule is COCCNC(=NCC(=O)N(C)C)NC(C)c1ccc(OCC2CC2)c(F)c1.I. The molecule has 1 aromatic rings. The molecule has 1 aliphatic rings. The Morgan fingerprint density at radius 3 is 2.69 bits per heavy atom. The minimum atomic E-state index is -0.375. The number of likely N-dealkylation sites (N-methyl/N-ethyl adjacent to an activating group) is 1. The van der Waals surface area contributed by atoms with Gasteiger partial charge in [0.2, 0.25) is 5.91 Å². The fourth-order valence-electron chi connectivity index (χ4n) is 2.40. The lowest BCUT2D eigenvalue weighted by atomic mass is 10.1. The van der Waals surface area contributed by atoms with Gasteiger partial charge in [0.15, 0.2) is 17.5 Å². The van der Waals surface area contributed by atoms with Crippen molar-refractivity contribution in [1.29, 1.82) is 0 Å². The van der Waals surface area contributed by atoms with Crippen molar-refractivity contribution in [2.24, 2.45) is 10.9 Å². The Morgan fingerprint density at radius 2 is 2.10 bits per heavy atom. The highest BCUT2D eigenvalue weighted by molar-refractivity contribution is 14.0. The number of nitrogens with zero attached hydrogens (tertiary/aromatic N) is 2. The van der Waals surface area contributed by atoms with Crippen molar-refractivity contribution in [1.82, 2.24) is 15.5 Å². The van der Waals surface area contributed by atoms with Crippen molar-refractivity contribution >= 4 is 35.8 Å². The van der Waals surface area contributed by atoms with E-state index in [-0.39, 0.29) is 54.0 Å². The summed E-state index contributed by atoms with van der Waals surface area (Å²) in [6.07, 6.45) is 2.32. The molecule has 2 rings (SSSR count). The van der Waals surface area contributed by atoms with Crippen LogP contribution in [0.5, 0.6) is 5.75 Å². The number of nitrogens with one attached hydrogen (secondary N) is 2. The van der Waals surface area contributed by atoms with E-state index in [0.29, 0.717) is 31.6 Å².